The molecular weight excluding hydrogens is 373 g/mol. The third kappa shape index (κ3) is 4.31. The van der Waals surface area contributed by atoms with Crippen LogP contribution in [0.4, 0.5) is 4.39 Å². The Hall–Kier alpha value is -0.770. The number of rotatable bonds is 5. The third-order valence-electron chi connectivity index (χ3n) is 6.56. The van der Waals surface area contributed by atoms with Crippen molar-refractivity contribution in [2.75, 3.05) is 20.1 Å². The molecule has 0 radical (unpaired) electrons. The number of carbonyl (C=O) groups is 1. The van der Waals surface area contributed by atoms with Crippen molar-refractivity contribution in [2.24, 2.45) is 17.8 Å². The van der Waals surface area contributed by atoms with Gasteiger partial charge in [-0.05, 0) is 63.5 Å². The number of amides is 1. The standard InChI is InChI=1S/C18H32FN3O4S/c1-11(2)6-7-21(3)13-5-4-12-8-15(23)18(17(19)14(12)9-13)22-10-16(24)20-27(22,25)26/h11-15,17-18,23H,4-10H2,1-3H3,(H,20,24). The molecule has 3 aliphatic rings. The molecule has 1 aliphatic heterocycles. The summed E-state index contributed by atoms with van der Waals surface area (Å²) in [7, 11) is -1.99. The predicted octanol–water partition coefficient (Wildman–Crippen LogP) is 0.897. The summed E-state index contributed by atoms with van der Waals surface area (Å²) in [5.41, 5.74) is 0. The van der Waals surface area contributed by atoms with E-state index in [0.29, 0.717) is 18.8 Å². The summed E-state index contributed by atoms with van der Waals surface area (Å²) in [6, 6.07) is -0.913. The van der Waals surface area contributed by atoms with E-state index in [-0.39, 0.29) is 17.9 Å². The lowest BCUT2D eigenvalue weighted by Crippen LogP contribution is -2.59. The van der Waals surface area contributed by atoms with Gasteiger partial charge in [0.05, 0.1) is 18.7 Å². The SMILES string of the molecule is CC(C)CCN(C)C1CCC2CC(O)C(N3CC(=O)NS3(=O)=O)C(F)C2C1. The molecule has 1 amide bonds. The predicted molar refractivity (Wildman–Crippen MR) is 99.8 cm³/mol. The van der Waals surface area contributed by atoms with E-state index in [1.54, 1.807) is 0 Å². The van der Waals surface area contributed by atoms with Crippen molar-refractivity contribution in [2.45, 2.75) is 70.3 Å². The van der Waals surface area contributed by atoms with Gasteiger partial charge in [-0.1, -0.05) is 13.8 Å². The van der Waals surface area contributed by atoms with E-state index in [0.717, 1.165) is 30.1 Å². The van der Waals surface area contributed by atoms with Crippen molar-refractivity contribution in [3.8, 4) is 0 Å². The van der Waals surface area contributed by atoms with Crippen LogP contribution in [-0.4, -0.2) is 73.1 Å². The topological polar surface area (TPSA) is 89.9 Å². The molecule has 1 saturated heterocycles. The summed E-state index contributed by atoms with van der Waals surface area (Å²) in [6.45, 7) is 4.91. The van der Waals surface area contributed by atoms with Crippen LogP contribution in [0.3, 0.4) is 0 Å². The van der Waals surface area contributed by atoms with Crippen LogP contribution in [0.1, 0.15) is 46.0 Å². The average molecular weight is 406 g/mol. The molecule has 2 aliphatic carbocycles. The maximum atomic E-state index is 15.5. The molecule has 3 fully saturated rings. The van der Waals surface area contributed by atoms with Crippen LogP contribution in [0.2, 0.25) is 0 Å². The van der Waals surface area contributed by atoms with Crippen LogP contribution in [-0.2, 0) is 15.0 Å². The van der Waals surface area contributed by atoms with Gasteiger partial charge in [-0.2, -0.15) is 12.7 Å². The average Bonchev–Trinajstić information content (AvgIpc) is 2.84. The number of halogens is 1. The lowest BCUT2D eigenvalue weighted by Gasteiger charge is -2.49. The molecule has 3 rings (SSSR count). The zero-order valence-corrected chi connectivity index (χ0v) is 17.2. The Bertz CT molecular complexity index is 659. The number of nitrogens with zero attached hydrogens (tertiary/aromatic N) is 2. The van der Waals surface area contributed by atoms with Crippen LogP contribution < -0.4 is 4.72 Å². The highest BCUT2D eigenvalue weighted by Crippen LogP contribution is 2.45. The smallest absolute Gasteiger partial charge is 0.304 e. The molecule has 0 spiro atoms. The van der Waals surface area contributed by atoms with E-state index in [1.807, 2.05) is 4.72 Å². The number of hydrogen-bond acceptors (Lipinski definition) is 5. The first-order valence-corrected chi connectivity index (χ1v) is 11.4. The summed E-state index contributed by atoms with van der Waals surface area (Å²) in [5, 5.41) is 10.5. The van der Waals surface area contributed by atoms with Gasteiger partial charge in [0.15, 0.2) is 0 Å². The van der Waals surface area contributed by atoms with Crippen LogP contribution in [0.25, 0.3) is 0 Å². The van der Waals surface area contributed by atoms with Gasteiger partial charge in [-0.25, -0.2) is 9.11 Å². The molecule has 0 aromatic heterocycles. The number of aliphatic hydroxyl groups is 1. The van der Waals surface area contributed by atoms with Crippen LogP contribution >= 0.6 is 0 Å². The molecule has 156 valence electrons. The Balaban J connectivity index is 1.72. The summed E-state index contributed by atoms with van der Waals surface area (Å²) in [4.78, 5) is 13.8. The molecule has 7 nitrogen and oxygen atoms in total. The molecule has 9 heteroatoms. The Kier molecular flexibility index (Phi) is 6.15. The molecule has 0 aromatic carbocycles. The van der Waals surface area contributed by atoms with Crippen molar-refractivity contribution in [1.82, 2.24) is 13.9 Å². The van der Waals surface area contributed by atoms with Gasteiger partial charge in [-0.3, -0.25) is 4.79 Å². The molecule has 6 atom stereocenters. The second-order valence-corrected chi connectivity index (χ2v) is 10.5. The van der Waals surface area contributed by atoms with Crippen molar-refractivity contribution in [1.29, 1.82) is 0 Å². The number of hydrogen-bond donors (Lipinski definition) is 2. The van der Waals surface area contributed by atoms with Gasteiger partial charge in [0, 0.05) is 6.04 Å². The second kappa shape index (κ2) is 7.93. The first-order valence-electron chi connectivity index (χ1n) is 9.95. The normalized spacial score (nSPS) is 39.6. The summed E-state index contributed by atoms with van der Waals surface area (Å²) in [5.74, 6) is -0.289. The monoisotopic (exact) mass is 405 g/mol. The molecule has 27 heavy (non-hydrogen) atoms. The highest BCUT2D eigenvalue weighted by Gasteiger charge is 2.53. The maximum absolute atomic E-state index is 15.5. The maximum Gasteiger partial charge on any atom is 0.304 e. The lowest BCUT2D eigenvalue weighted by molar-refractivity contribution is -0.120. The fourth-order valence-electron chi connectivity index (χ4n) is 4.97. The van der Waals surface area contributed by atoms with E-state index < -0.39 is 41.0 Å². The fraction of sp³-hybridized carbons (Fsp3) is 0.944. The largest absolute Gasteiger partial charge is 0.391 e. The number of carbonyl (C=O) groups excluding carboxylic acids is 1. The molecule has 6 unspecified atom stereocenters. The van der Waals surface area contributed by atoms with Gasteiger partial charge in [0.25, 0.3) is 0 Å². The van der Waals surface area contributed by atoms with E-state index in [9.17, 15) is 18.3 Å². The number of aliphatic hydroxyl groups excluding tert-OH is 1. The second-order valence-electron chi connectivity index (χ2n) is 8.87. The lowest BCUT2D eigenvalue weighted by atomic mass is 9.66. The van der Waals surface area contributed by atoms with Crippen molar-refractivity contribution < 1.29 is 22.7 Å². The summed E-state index contributed by atoms with van der Waals surface area (Å²) < 4.78 is 42.5. The van der Waals surface area contributed by atoms with Crippen LogP contribution in [0.15, 0.2) is 0 Å². The number of nitrogens with one attached hydrogen (secondary N) is 1. The minimum Gasteiger partial charge on any atom is -0.391 e. The molecule has 0 bridgehead atoms. The van der Waals surface area contributed by atoms with E-state index in [4.69, 9.17) is 0 Å². The Morgan fingerprint density at radius 2 is 2.04 bits per heavy atom. The molecule has 2 saturated carbocycles. The zero-order valence-electron chi connectivity index (χ0n) is 16.3. The third-order valence-corrected chi connectivity index (χ3v) is 8.04. The van der Waals surface area contributed by atoms with Crippen molar-refractivity contribution in [3.05, 3.63) is 0 Å². The van der Waals surface area contributed by atoms with Gasteiger partial charge in [0.1, 0.15) is 6.17 Å². The van der Waals surface area contributed by atoms with Crippen molar-refractivity contribution in [3.63, 3.8) is 0 Å². The first kappa shape index (κ1) is 21.0. The first-order chi connectivity index (χ1) is 12.6. The van der Waals surface area contributed by atoms with Crippen LogP contribution in [0, 0.1) is 17.8 Å². The minimum atomic E-state index is -4.06. The van der Waals surface area contributed by atoms with Gasteiger partial charge < -0.3 is 10.0 Å². The van der Waals surface area contributed by atoms with Gasteiger partial charge in [0.2, 0.25) is 5.91 Å². The Labute approximate surface area is 161 Å². The Morgan fingerprint density at radius 3 is 2.63 bits per heavy atom. The number of alkyl halides is 1. The number of fused-ring (bicyclic) bond motifs is 1. The van der Waals surface area contributed by atoms with E-state index >= 15 is 4.39 Å². The van der Waals surface area contributed by atoms with Crippen LogP contribution in [0.5, 0.6) is 0 Å². The Morgan fingerprint density at radius 1 is 1.33 bits per heavy atom. The van der Waals surface area contributed by atoms with Gasteiger partial charge >= 0.3 is 10.2 Å². The molecule has 0 aromatic rings. The zero-order chi connectivity index (χ0) is 19.9. The molecule has 2 N–H and O–H groups in total. The van der Waals surface area contributed by atoms with E-state index in [2.05, 4.69) is 25.8 Å². The quantitative estimate of drug-likeness (QED) is 0.709. The van der Waals surface area contributed by atoms with Gasteiger partial charge in [-0.15, -0.1) is 0 Å². The fourth-order valence-corrected chi connectivity index (χ4v) is 6.30. The molecule has 1 heterocycles. The highest BCUT2D eigenvalue weighted by molar-refractivity contribution is 7.88. The van der Waals surface area contributed by atoms with E-state index in [1.165, 1.54) is 0 Å². The molecular formula is C18H32FN3O4S. The van der Waals surface area contributed by atoms with Crippen molar-refractivity contribution >= 4 is 16.1 Å². The highest BCUT2D eigenvalue weighted by atomic mass is 32.2. The minimum absolute atomic E-state index is 0.0648. The summed E-state index contributed by atoms with van der Waals surface area (Å²) in [6.07, 6.45) is 1.40. The summed E-state index contributed by atoms with van der Waals surface area (Å²) >= 11 is 0.